The molecule has 3 aromatic carbocycles. The Morgan fingerprint density at radius 1 is 0.974 bits per heavy atom. The number of Topliss-reactive ketones (excluding diaryl/α,β-unsaturated/α-hetero) is 1. The molecule has 7 heteroatoms. The van der Waals surface area contributed by atoms with Crippen LogP contribution in [0.1, 0.15) is 49.1 Å². The Balaban J connectivity index is 1.93. The van der Waals surface area contributed by atoms with Gasteiger partial charge in [0.1, 0.15) is 11.5 Å². The predicted octanol–water partition coefficient (Wildman–Crippen LogP) is 6.83. The summed E-state index contributed by atoms with van der Waals surface area (Å²) in [7, 11) is 0. The van der Waals surface area contributed by atoms with Crippen molar-refractivity contribution in [2.75, 3.05) is 29.5 Å². The molecular weight excluding hydrogens is 500 g/mol. The third-order valence-electron chi connectivity index (χ3n) is 6.91. The van der Waals surface area contributed by atoms with Gasteiger partial charge in [-0.15, -0.1) is 0 Å². The van der Waals surface area contributed by atoms with E-state index in [0.717, 1.165) is 35.5 Å². The van der Waals surface area contributed by atoms with Crippen LogP contribution < -0.4 is 14.5 Å². The zero-order chi connectivity index (χ0) is 27.6. The van der Waals surface area contributed by atoms with E-state index in [1.165, 1.54) is 4.90 Å². The summed E-state index contributed by atoms with van der Waals surface area (Å²) in [5.41, 5.74) is 4.59. The molecule has 1 fully saturated rings. The number of anilines is 2. The van der Waals surface area contributed by atoms with Gasteiger partial charge in [0.2, 0.25) is 0 Å². The topological polar surface area (TPSA) is 70.1 Å². The Hall–Kier alpha value is -3.77. The number of aliphatic hydroxyl groups is 1. The van der Waals surface area contributed by atoms with Crippen molar-refractivity contribution in [1.82, 2.24) is 0 Å². The largest absolute Gasteiger partial charge is 0.507 e. The van der Waals surface area contributed by atoms with Crippen LogP contribution in [0, 0.1) is 13.8 Å². The van der Waals surface area contributed by atoms with Gasteiger partial charge in [-0.1, -0.05) is 35.9 Å². The van der Waals surface area contributed by atoms with Crippen LogP contribution in [-0.2, 0) is 9.59 Å². The molecule has 0 radical (unpaired) electrons. The molecule has 0 bridgehead atoms. The van der Waals surface area contributed by atoms with E-state index in [-0.39, 0.29) is 11.3 Å². The number of hydrogen-bond donors (Lipinski definition) is 1. The predicted molar refractivity (Wildman–Crippen MR) is 153 cm³/mol. The van der Waals surface area contributed by atoms with Gasteiger partial charge in [0.05, 0.1) is 23.2 Å². The van der Waals surface area contributed by atoms with Crippen molar-refractivity contribution in [3.8, 4) is 5.75 Å². The summed E-state index contributed by atoms with van der Waals surface area (Å²) in [6, 6.07) is 17.6. The number of ether oxygens (including phenoxy) is 1. The van der Waals surface area contributed by atoms with E-state index in [9.17, 15) is 14.7 Å². The molecule has 1 amide bonds. The maximum atomic E-state index is 13.6. The average molecular weight is 533 g/mol. The normalized spacial score (nSPS) is 16.7. The lowest BCUT2D eigenvalue weighted by Crippen LogP contribution is -2.30. The minimum Gasteiger partial charge on any atom is -0.507 e. The summed E-state index contributed by atoms with van der Waals surface area (Å²) >= 11 is 6.26. The number of carbonyl (C=O) groups excluding carboxylic acids is 2. The monoisotopic (exact) mass is 532 g/mol. The molecule has 0 aliphatic carbocycles. The molecule has 1 N–H and O–H groups in total. The smallest absolute Gasteiger partial charge is 0.300 e. The van der Waals surface area contributed by atoms with Gasteiger partial charge < -0.3 is 14.7 Å². The molecule has 3 aromatic rings. The Labute approximate surface area is 229 Å². The number of aryl methyl sites for hydroxylation is 2. The van der Waals surface area contributed by atoms with Crippen LogP contribution in [0.15, 0.2) is 66.2 Å². The number of halogens is 1. The number of amides is 1. The van der Waals surface area contributed by atoms with Crippen molar-refractivity contribution >= 4 is 40.4 Å². The van der Waals surface area contributed by atoms with E-state index in [1.807, 2.05) is 63.2 Å². The minimum atomic E-state index is -0.813. The highest BCUT2D eigenvalue weighted by atomic mass is 35.5. The molecule has 198 valence electrons. The number of carbonyl (C=O) groups is 2. The van der Waals surface area contributed by atoms with Crippen molar-refractivity contribution < 1.29 is 19.4 Å². The molecule has 0 aromatic heterocycles. The first kappa shape index (κ1) is 27.3. The standard InChI is InChI=1S/C31H33ClN2O4/c1-6-33(7-2)23-14-11-21(12-15-23)28-27(29(35)22-13-16-24(32)26(18-22)38-8-3)30(36)31(37)34(28)25-17-19(4)9-10-20(25)5/h9-18,28,35H,6-8H2,1-5H3/b29-27-. The number of hydrogen-bond acceptors (Lipinski definition) is 5. The van der Waals surface area contributed by atoms with E-state index in [4.69, 9.17) is 16.3 Å². The molecule has 0 spiro atoms. The molecule has 1 aliphatic rings. The van der Waals surface area contributed by atoms with Gasteiger partial charge in [0.15, 0.2) is 0 Å². The molecule has 1 atom stereocenters. The fourth-order valence-electron chi connectivity index (χ4n) is 4.90. The van der Waals surface area contributed by atoms with Crippen molar-refractivity contribution in [1.29, 1.82) is 0 Å². The van der Waals surface area contributed by atoms with Gasteiger partial charge in [0, 0.05) is 30.0 Å². The van der Waals surface area contributed by atoms with Gasteiger partial charge in [-0.3, -0.25) is 14.5 Å². The lowest BCUT2D eigenvalue weighted by molar-refractivity contribution is -0.132. The lowest BCUT2D eigenvalue weighted by atomic mass is 9.94. The number of aliphatic hydroxyl groups excluding tert-OH is 1. The lowest BCUT2D eigenvalue weighted by Gasteiger charge is -2.28. The van der Waals surface area contributed by atoms with Crippen molar-refractivity contribution in [2.24, 2.45) is 0 Å². The Morgan fingerprint density at radius 3 is 2.29 bits per heavy atom. The number of benzene rings is 3. The first-order valence-electron chi connectivity index (χ1n) is 12.9. The van der Waals surface area contributed by atoms with E-state index in [0.29, 0.717) is 28.6 Å². The maximum Gasteiger partial charge on any atom is 0.300 e. The molecule has 4 rings (SSSR count). The van der Waals surface area contributed by atoms with Gasteiger partial charge in [-0.05, 0) is 87.7 Å². The van der Waals surface area contributed by atoms with E-state index < -0.39 is 17.7 Å². The van der Waals surface area contributed by atoms with Crippen LogP contribution in [0.3, 0.4) is 0 Å². The summed E-state index contributed by atoms with van der Waals surface area (Å²) in [6.07, 6.45) is 0. The van der Waals surface area contributed by atoms with Crippen molar-refractivity contribution in [3.05, 3.63) is 93.5 Å². The third kappa shape index (κ3) is 5.01. The summed E-state index contributed by atoms with van der Waals surface area (Å²) < 4.78 is 5.59. The minimum absolute atomic E-state index is 0.0243. The number of rotatable bonds is 8. The molecule has 38 heavy (non-hydrogen) atoms. The first-order chi connectivity index (χ1) is 18.2. The van der Waals surface area contributed by atoms with Crippen LogP contribution >= 0.6 is 11.6 Å². The fraction of sp³-hybridized carbons (Fsp3) is 0.290. The van der Waals surface area contributed by atoms with Crippen molar-refractivity contribution in [2.45, 2.75) is 40.7 Å². The van der Waals surface area contributed by atoms with Gasteiger partial charge in [-0.2, -0.15) is 0 Å². The highest BCUT2D eigenvalue weighted by Gasteiger charge is 2.47. The van der Waals surface area contributed by atoms with E-state index >= 15 is 0 Å². The summed E-state index contributed by atoms with van der Waals surface area (Å²) in [5.74, 6) is -1.31. The third-order valence-corrected chi connectivity index (χ3v) is 7.22. The molecule has 6 nitrogen and oxygen atoms in total. The van der Waals surface area contributed by atoms with E-state index in [1.54, 1.807) is 18.2 Å². The number of nitrogens with zero attached hydrogens (tertiary/aromatic N) is 2. The summed E-state index contributed by atoms with van der Waals surface area (Å²) in [6.45, 7) is 12.0. The second-order valence-corrected chi connectivity index (χ2v) is 9.71. The molecular formula is C31H33ClN2O4. The molecule has 1 aliphatic heterocycles. The highest BCUT2D eigenvalue weighted by molar-refractivity contribution is 6.51. The number of ketones is 1. The Morgan fingerprint density at radius 2 is 1.66 bits per heavy atom. The first-order valence-corrected chi connectivity index (χ1v) is 13.2. The summed E-state index contributed by atoms with van der Waals surface area (Å²) in [4.78, 5) is 30.8. The molecule has 0 saturated carbocycles. The van der Waals surface area contributed by atoms with Gasteiger partial charge in [-0.25, -0.2) is 0 Å². The Bertz CT molecular complexity index is 1390. The SMILES string of the molecule is CCOc1cc(/C(O)=C2/C(=O)C(=O)N(c3cc(C)ccc3C)C2c2ccc(N(CC)CC)cc2)ccc1Cl. The second-order valence-electron chi connectivity index (χ2n) is 9.30. The van der Waals surface area contributed by atoms with Crippen LogP contribution in [0.2, 0.25) is 5.02 Å². The van der Waals surface area contributed by atoms with Gasteiger partial charge >= 0.3 is 0 Å². The highest BCUT2D eigenvalue weighted by Crippen LogP contribution is 2.44. The quantitative estimate of drug-likeness (QED) is 0.196. The Kier molecular flexibility index (Phi) is 8.12. The average Bonchev–Trinajstić information content (AvgIpc) is 3.17. The zero-order valence-corrected chi connectivity index (χ0v) is 23.2. The zero-order valence-electron chi connectivity index (χ0n) is 22.4. The maximum absolute atomic E-state index is 13.6. The van der Waals surface area contributed by atoms with Crippen LogP contribution in [-0.4, -0.2) is 36.5 Å². The van der Waals surface area contributed by atoms with Crippen LogP contribution in [0.5, 0.6) is 5.75 Å². The molecule has 1 unspecified atom stereocenters. The van der Waals surface area contributed by atoms with Crippen LogP contribution in [0.4, 0.5) is 11.4 Å². The van der Waals surface area contributed by atoms with Crippen molar-refractivity contribution in [3.63, 3.8) is 0 Å². The molecule has 1 saturated heterocycles. The molecule has 1 heterocycles. The van der Waals surface area contributed by atoms with Gasteiger partial charge in [0.25, 0.3) is 11.7 Å². The van der Waals surface area contributed by atoms with E-state index in [2.05, 4.69) is 18.7 Å². The fourth-order valence-corrected chi connectivity index (χ4v) is 5.08. The second kappa shape index (κ2) is 11.3. The van der Waals surface area contributed by atoms with Crippen LogP contribution in [0.25, 0.3) is 5.76 Å². The summed E-state index contributed by atoms with van der Waals surface area (Å²) in [5, 5.41) is 11.9.